The molecule has 0 saturated carbocycles. The van der Waals surface area contributed by atoms with Crippen LogP contribution < -0.4 is 0 Å². The largest absolute Gasteiger partial charge is 0.463 e. The fourth-order valence-electron chi connectivity index (χ4n) is 1.74. The number of ether oxygens (including phenoxy) is 2. The van der Waals surface area contributed by atoms with Crippen molar-refractivity contribution in [2.75, 3.05) is 6.61 Å². The van der Waals surface area contributed by atoms with E-state index in [4.69, 9.17) is 9.47 Å². The quantitative estimate of drug-likeness (QED) is 0.558. The maximum atomic E-state index is 11.6. The highest BCUT2D eigenvalue weighted by Gasteiger charge is 2.42. The molecular formula is C11H20O6. The van der Waals surface area contributed by atoms with E-state index in [0.29, 0.717) is 0 Å². The average Bonchev–Trinajstić information content (AvgIpc) is 2.24. The highest BCUT2D eigenvalue weighted by Crippen LogP contribution is 2.22. The summed E-state index contributed by atoms with van der Waals surface area (Å²) in [5.74, 6) is -1.19. The molecule has 6 nitrogen and oxygen atoms in total. The monoisotopic (exact) mass is 248 g/mol. The lowest BCUT2D eigenvalue weighted by atomic mass is 9.91. The highest BCUT2D eigenvalue weighted by molar-refractivity contribution is 5.73. The van der Waals surface area contributed by atoms with E-state index < -0.39 is 36.3 Å². The van der Waals surface area contributed by atoms with Crippen LogP contribution in [-0.4, -0.2) is 58.4 Å². The molecule has 0 bridgehead atoms. The van der Waals surface area contributed by atoms with E-state index in [-0.39, 0.29) is 12.7 Å². The molecule has 6 heteroatoms. The van der Waals surface area contributed by atoms with Gasteiger partial charge in [0.15, 0.2) is 0 Å². The molecule has 0 aliphatic carbocycles. The van der Waals surface area contributed by atoms with Crippen LogP contribution in [-0.2, 0) is 14.3 Å². The normalized spacial score (nSPS) is 35.7. The maximum Gasteiger partial charge on any atom is 0.311 e. The van der Waals surface area contributed by atoms with Crippen LogP contribution in [0.5, 0.6) is 0 Å². The van der Waals surface area contributed by atoms with Crippen molar-refractivity contribution < 1.29 is 29.6 Å². The number of rotatable bonds is 3. The average molecular weight is 248 g/mol. The molecule has 3 N–H and O–H groups in total. The molecule has 17 heavy (non-hydrogen) atoms. The third-order valence-corrected chi connectivity index (χ3v) is 2.76. The lowest BCUT2D eigenvalue weighted by Crippen LogP contribution is -2.56. The Morgan fingerprint density at radius 2 is 1.82 bits per heavy atom. The number of esters is 1. The summed E-state index contributed by atoms with van der Waals surface area (Å²) in [6.45, 7) is 4.90. The van der Waals surface area contributed by atoms with Gasteiger partial charge in [0.05, 0.1) is 24.7 Å². The molecule has 100 valence electrons. The minimum Gasteiger partial charge on any atom is -0.463 e. The van der Waals surface area contributed by atoms with Gasteiger partial charge in [-0.25, -0.2) is 0 Å². The number of hydrogen-bond acceptors (Lipinski definition) is 6. The van der Waals surface area contributed by atoms with Crippen LogP contribution in [0.1, 0.15) is 20.8 Å². The molecule has 0 spiro atoms. The molecular weight excluding hydrogens is 228 g/mol. The van der Waals surface area contributed by atoms with E-state index in [0.717, 1.165) is 0 Å². The van der Waals surface area contributed by atoms with Gasteiger partial charge < -0.3 is 24.8 Å². The van der Waals surface area contributed by atoms with Crippen LogP contribution in [0.3, 0.4) is 0 Å². The summed E-state index contributed by atoms with van der Waals surface area (Å²) in [5.41, 5.74) is 0. The molecule has 1 fully saturated rings. The van der Waals surface area contributed by atoms with Crippen molar-refractivity contribution in [3.05, 3.63) is 0 Å². The topological polar surface area (TPSA) is 96.2 Å². The zero-order valence-electron chi connectivity index (χ0n) is 10.2. The fraction of sp³-hybridized carbons (Fsp3) is 0.909. The van der Waals surface area contributed by atoms with E-state index in [1.165, 1.54) is 0 Å². The predicted octanol–water partition coefficient (Wildman–Crippen LogP) is -0.944. The van der Waals surface area contributed by atoms with Gasteiger partial charge in [-0.15, -0.1) is 0 Å². The number of aliphatic hydroxyl groups excluding tert-OH is 3. The molecule has 1 heterocycles. The van der Waals surface area contributed by atoms with Crippen LogP contribution in [0.4, 0.5) is 0 Å². The third kappa shape index (κ3) is 3.38. The molecule has 1 saturated heterocycles. The van der Waals surface area contributed by atoms with Crippen molar-refractivity contribution in [2.45, 2.75) is 51.3 Å². The maximum absolute atomic E-state index is 11.6. The second-order valence-electron chi connectivity index (χ2n) is 4.62. The molecule has 0 aromatic carbocycles. The minimum absolute atomic E-state index is 0.109. The van der Waals surface area contributed by atoms with E-state index in [1.807, 2.05) is 0 Å². The summed E-state index contributed by atoms with van der Waals surface area (Å²) < 4.78 is 10.2. The molecule has 0 amide bonds. The van der Waals surface area contributed by atoms with Gasteiger partial charge in [-0.1, -0.05) is 0 Å². The Morgan fingerprint density at radius 3 is 2.35 bits per heavy atom. The zero-order chi connectivity index (χ0) is 13.2. The Labute approximate surface area is 100 Å². The molecule has 1 rings (SSSR count). The Morgan fingerprint density at radius 1 is 1.24 bits per heavy atom. The predicted molar refractivity (Wildman–Crippen MR) is 58.2 cm³/mol. The molecule has 0 aromatic heterocycles. The summed E-state index contributed by atoms with van der Waals surface area (Å²) >= 11 is 0. The van der Waals surface area contributed by atoms with Gasteiger partial charge >= 0.3 is 5.97 Å². The standard InChI is InChI=1S/C11H20O6/c1-5(2)17-11(15)6(3)10-9(14)8(13)7(12)4-16-10/h5-10,12-14H,4H2,1-3H3/t6?,7-,8+,9-,10?/m1/s1. The van der Waals surface area contributed by atoms with E-state index in [2.05, 4.69) is 0 Å². The fourth-order valence-corrected chi connectivity index (χ4v) is 1.74. The van der Waals surface area contributed by atoms with Crippen molar-refractivity contribution in [1.82, 2.24) is 0 Å². The summed E-state index contributed by atoms with van der Waals surface area (Å²) in [7, 11) is 0. The summed E-state index contributed by atoms with van der Waals surface area (Å²) in [6, 6.07) is 0. The molecule has 1 aliphatic heterocycles. The molecule has 0 aromatic rings. The Bertz CT molecular complexity index is 267. The Kier molecular flexibility index (Phi) is 4.88. The van der Waals surface area contributed by atoms with Crippen LogP contribution >= 0.6 is 0 Å². The summed E-state index contributed by atoms with van der Waals surface area (Å²) in [6.07, 6.45) is -4.84. The van der Waals surface area contributed by atoms with E-state index in [1.54, 1.807) is 20.8 Å². The Hall–Kier alpha value is -0.690. The van der Waals surface area contributed by atoms with E-state index in [9.17, 15) is 20.1 Å². The lowest BCUT2D eigenvalue weighted by Gasteiger charge is -2.37. The summed E-state index contributed by atoms with van der Waals surface area (Å²) in [5, 5.41) is 28.5. The van der Waals surface area contributed by atoms with Crippen LogP contribution in [0.2, 0.25) is 0 Å². The van der Waals surface area contributed by atoms with Crippen molar-refractivity contribution in [3.63, 3.8) is 0 Å². The molecule has 2 unspecified atom stereocenters. The lowest BCUT2D eigenvalue weighted by molar-refractivity contribution is -0.206. The van der Waals surface area contributed by atoms with Crippen LogP contribution in [0, 0.1) is 5.92 Å². The van der Waals surface area contributed by atoms with Gasteiger partial charge in [-0.3, -0.25) is 4.79 Å². The van der Waals surface area contributed by atoms with Crippen LogP contribution in [0.15, 0.2) is 0 Å². The zero-order valence-corrected chi connectivity index (χ0v) is 10.2. The second kappa shape index (κ2) is 5.77. The van der Waals surface area contributed by atoms with Crippen molar-refractivity contribution in [1.29, 1.82) is 0 Å². The van der Waals surface area contributed by atoms with Crippen molar-refractivity contribution in [3.8, 4) is 0 Å². The smallest absolute Gasteiger partial charge is 0.311 e. The van der Waals surface area contributed by atoms with Gasteiger partial charge in [-0.05, 0) is 20.8 Å². The van der Waals surface area contributed by atoms with Gasteiger partial charge in [0.25, 0.3) is 0 Å². The molecule has 1 aliphatic rings. The molecule has 0 radical (unpaired) electrons. The van der Waals surface area contributed by atoms with Gasteiger partial charge in [0.1, 0.15) is 18.3 Å². The second-order valence-corrected chi connectivity index (χ2v) is 4.62. The number of carbonyl (C=O) groups is 1. The number of carbonyl (C=O) groups excluding carboxylic acids is 1. The first-order valence-electron chi connectivity index (χ1n) is 5.71. The molecule has 5 atom stereocenters. The first-order valence-corrected chi connectivity index (χ1v) is 5.71. The number of hydrogen-bond donors (Lipinski definition) is 3. The van der Waals surface area contributed by atoms with Gasteiger partial charge in [-0.2, -0.15) is 0 Å². The van der Waals surface area contributed by atoms with E-state index >= 15 is 0 Å². The van der Waals surface area contributed by atoms with Crippen molar-refractivity contribution >= 4 is 5.97 Å². The first-order chi connectivity index (χ1) is 7.84. The minimum atomic E-state index is -1.30. The summed E-state index contributed by atoms with van der Waals surface area (Å²) in [4.78, 5) is 11.6. The van der Waals surface area contributed by atoms with Gasteiger partial charge in [0.2, 0.25) is 0 Å². The number of aliphatic hydroxyl groups is 3. The third-order valence-electron chi connectivity index (χ3n) is 2.76. The Balaban J connectivity index is 2.63. The highest BCUT2D eigenvalue weighted by atomic mass is 16.6. The van der Waals surface area contributed by atoms with Gasteiger partial charge in [0, 0.05) is 0 Å². The van der Waals surface area contributed by atoms with Crippen molar-refractivity contribution in [2.24, 2.45) is 5.92 Å². The first kappa shape index (κ1) is 14.4. The van der Waals surface area contributed by atoms with Crippen LogP contribution in [0.25, 0.3) is 0 Å². The SMILES string of the molecule is CC(C)OC(=O)C(C)C1OC[C@@H](O)[C@H](O)[C@H]1O.